The van der Waals surface area contributed by atoms with Crippen LogP contribution in [0.4, 0.5) is 28.7 Å². The van der Waals surface area contributed by atoms with Crippen LogP contribution >= 0.6 is 0 Å². The number of nitrogens with zero attached hydrogens (tertiary/aromatic N) is 2. The van der Waals surface area contributed by atoms with Gasteiger partial charge in [-0.3, -0.25) is 0 Å². The maximum absolute atomic E-state index is 6.32. The molecule has 0 aliphatic rings. The Hall–Kier alpha value is -3.80. The summed E-state index contributed by atoms with van der Waals surface area (Å²) in [5, 5.41) is 8.77. The molecule has 0 saturated heterocycles. The highest BCUT2D eigenvalue weighted by molar-refractivity contribution is 5.96. The number of anilines is 5. The number of ether oxygens (including phenoxy) is 1. The monoisotopic (exact) mass is 357 g/mol. The lowest BCUT2D eigenvalue weighted by Gasteiger charge is -2.15. The Labute approximate surface area is 157 Å². The molecule has 0 saturated carbocycles. The van der Waals surface area contributed by atoms with Gasteiger partial charge in [-0.1, -0.05) is 48.5 Å². The average Bonchev–Trinajstić information content (AvgIpc) is 2.71. The Bertz CT molecular complexity index is 1090. The second-order valence-electron chi connectivity index (χ2n) is 5.96. The fourth-order valence-corrected chi connectivity index (χ4v) is 2.93. The van der Waals surface area contributed by atoms with Gasteiger partial charge in [0.05, 0.1) is 12.8 Å². The molecule has 1 heterocycles. The predicted octanol–water partition coefficient (Wildman–Crippen LogP) is 4.71. The van der Waals surface area contributed by atoms with Crippen LogP contribution in [0.15, 0.2) is 73.1 Å². The first kappa shape index (κ1) is 16.7. The van der Waals surface area contributed by atoms with Crippen LogP contribution in [-0.4, -0.2) is 17.1 Å². The molecule has 0 aliphatic heterocycles. The van der Waals surface area contributed by atoms with Gasteiger partial charge in [0.1, 0.15) is 17.8 Å². The van der Waals surface area contributed by atoms with Gasteiger partial charge in [-0.05, 0) is 23.6 Å². The van der Waals surface area contributed by atoms with E-state index in [4.69, 9.17) is 10.5 Å². The SMILES string of the molecule is COc1ccccc1Nc1ncnc(Nc2cccc3ccccc23)c1N. The Morgan fingerprint density at radius 1 is 0.778 bits per heavy atom. The normalized spacial score (nSPS) is 10.6. The third-order valence-electron chi connectivity index (χ3n) is 4.29. The van der Waals surface area contributed by atoms with Crippen molar-refractivity contribution in [3.63, 3.8) is 0 Å². The van der Waals surface area contributed by atoms with E-state index in [0.717, 1.165) is 22.1 Å². The van der Waals surface area contributed by atoms with Crippen LogP contribution in [0.1, 0.15) is 0 Å². The van der Waals surface area contributed by atoms with E-state index in [9.17, 15) is 0 Å². The summed E-state index contributed by atoms with van der Waals surface area (Å²) in [6.45, 7) is 0. The van der Waals surface area contributed by atoms with Gasteiger partial charge in [-0.25, -0.2) is 9.97 Å². The zero-order valence-corrected chi connectivity index (χ0v) is 14.8. The quantitative estimate of drug-likeness (QED) is 0.480. The minimum absolute atomic E-state index is 0.427. The maximum Gasteiger partial charge on any atom is 0.159 e. The largest absolute Gasteiger partial charge is 0.495 e. The lowest BCUT2D eigenvalue weighted by atomic mass is 10.1. The Kier molecular flexibility index (Phi) is 4.45. The van der Waals surface area contributed by atoms with Gasteiger partial charge in [0.25, 0.3) is 0 Å². The second kappa shape index (κ2) is 7.21. The first-order valence-corrected chi connectivity index (χ1v) is 8.51. The van der Waals surface area contributed by atoms with Crippen LogP contribution in [0.3, 0.4) is 0 Å². The molecule has 6 nitrogen and oxygen atoms in total. The Morgan fingerprint density at radius 2 is 1.41 bits per heavy atom. The van der Waals surface area contributed by atoms with E-state index in [2.05, 4.69) is 38.8 Å². The van der Waals surface area contributed by atoms with Crippen LogP contribution in [0, 0.1) is 0 Å². The number of para-hydroxylation sites is 2. The third-order valence-corrected chi connectivity index (χ3v) is 4.29. The van der Waals surface area contributed by atoms with E-state index in [-0.39, 0.29) is 0 Å². The summed E-state index contributed by atoms with van der Waals surface area (Å²) in [5.74, 6) is 1.76. The van der Waals surface area contributed by atoms with Gasteiger partial charge in [-0.15, -0.1) is 0 Å². The van der Waals surface area contributed by atoms with E-state index in [1.165, 1.54) is 6.33 Å². The molecule has 0 aliphatic carbocycles. The van der Waals surface area contributed by atoms with Crippen molar-refractivity contribution in [2.24, 2.45) is 0 Å². The zero-order valence-electron chi connectivity index (χ0n) is 14.8. The standard InChI is InChI=1S/C21H19N5O/c1-27-18-12-5-4-10-17(18)26-21-19(22)20(23-13-24-21)25-16-11-6-8-14-7-2-3-9-15(14)16/h2-13H,22H2,1H3,(H2,23,24,25,26). The Morgan fingerprint density at radius 3 is 2.22 bits per heavy atom. The van der Waals surface area contributed by atoms with Crippen LogP contribution in [-0.2, 0) is 0 Å². The molecule has 0 fully saturated rings. The first-order chi connectivity index (χ1) is 13.3. The second-order valence-corrected chi connectivity index (χ2v) is 5.96. The highest BCUT2D eigenvalue weighted by atomic mass is 16.5. The molecule has 0 radical (unpaired) electrons. The molecule has 4 N–H and O–H groups in total. The molecule has 6 heteroatoms. The molecular formula is C21H19N5O. The number of nitrogen functional groups attached to an aromatic ring is 1. The number of fused-ring (bicyclic) bond motifs is 1. The van der Waals surface area contributed by atoms with Crippen LogP contribution < -0.4 is 21.1 Å². The number of hydrogen-bond donors (Lipinski definition) is 3. The molecule has 27 heavy (non-hydrogen) atoms. The predicted molar refractivity (Wildman–Crippen MR) is 110 cm³/mol. The summed E-state index contributed by atoms with van der Waals surface area (Å²) < 4.78 is 5.37. The summed E-state index contributed by atoms with van der Waals surface area (Å²) in [7, 11) is 1.62. The third kappa shape index (κ3) is 3.32. The van der Waals surface area contributed by atoms with Gasteiger partial charge in [0.15, 0.2) is 11.6 Å². The van der Waals surface area contributed by atoms with Crippen molar-refractivity contribution in [3.8, 4) is 5.75 Å². The molecule has 0 unspecified atom stereocenters. The van der Waals surface area contributed by atoms with Gasteiger partial charge in [0, 0.05) is 11.1 Å². The van der Waals surface area contributed by atoms with Crippen LogP contribution in [0.2, 0.25) is 0 Å². The lowest BCUT2D eigenvalue weighted by Crippen LogP contribution is -2.06. The number of aromatic nitrogens is 2. The number of nitrogens with two attached hydrogens (primary N) is 1. The number of methoxy groups -OCH3 is 1. The molecule has 0 atom stereocenters. The smallest absolute Gasteiger partial charge is 0.159 e. The fraction of sp³-hybridized carbons (Fsp3) is 0.0476. The summed E-state index contributed by atoms with van der Waals surface area (Å²) in [4.78, 5) is 8.58. The van der Waals surface area contributed by atoms with Crippen molar-refractivity contribution in [1.82, 2.24) is 9.97 Å². The van der Waals surface area contributed by atoms with E-state index < -0.39 is 0 Å². The van der Waals surface area contributed by atoms with E-state index in [0.29, 0.717) is 23.1 Å². The molecule has 4 aromatic rings. The summed E-state index contributed by atoms with van der Waals surface area (Å²) >= 11 is 0. The topological polar surface area (TPSA) is 85.1 Å². The summed E-state index contributed by atoms with van der Waals surface area (Å²) in [6.07, 6.45) is 1.47. The van der Waals surface area contributed by atoms with Gasteiger partial charge in [0.2, 0.25) is 0 Å². The van der Waals surface area contributed by atoms with E-state index in [1.807, 2.05) is 48.5 Å². The number of hydrogen-bond acceptors (Lipinski definition) is 6. The molecule has 4 rings (SSSR count). The van der Waals surface area contributed by atoms with Crippen molar-refractivity contribution in [1.29, 1.82) is 0 Å². The van der Waals surface area contributed by atoms with Gasteiger partial charge >= 0.3 is 0 Å². The van der Waals surface area contributed by atoms with Gasteiger partial charge in [-0.2, -0.15) is 0 Å². The number of nitrogens with one attached hydrogen (secondary N) is 2. The molecule has 1 aromatic heterocycles. The molecule has 134 valence electrons. The van der Waals surface area contributed by atoms with Crippen molar-refractivity contribution in [2.75, 3.05) is 23.5 Å². The van der Waals surface area contributed by atoms with E-state index >= 15 is 0 Å². The lowest BCUT2D eigenvalue weighted by molar-refractivity contribution is 0.417. The van der Waals surface area contributed by atoms with E-state index in [1.54, 1.807) is 7.11 Å². The van der Waals surface area contributed by atoms with Crippen LogP contribution in [0.25, 0.3) is 10.8 Å². The molecule has 0 bridgehead atoms. The maximum atomic E-state index is 6.32. The number of rotatable bonds is 5. The Balaban J connectivity index is 1.68. The fourth-order valence-electron chi connectivity index (χ4n) is 2.93. The summed E-state index contributed by atoms with van der Waals surface area (Å²) in [5.41, 5.74) is 8.46. The molecule has 0 amide bonds. The van der Waals surface area contributed by atoms with Gasteiger partial charge < -0.3 is 21.1 Å². The molecule has 0 spiro atoms. The minimum atomic E-state index is 0.427. The average molecular weight is 357 g/mol. The highest BCUT2D eigenvalue weighted by Crippen LogP contribution is 2.33. The van der Waals surface area contributed by atoms with Crippen molar-refractivity contribution in [2.45, 2.75) is 0 Å². The molecule has 3 aromatic carbocycles. The highest BCUT2D eigenvalue weighted by Gasteiger charge is 2.11. The zero-order chi connectivity index (χ0) is 18.6. The number of benzene rings is 3. The minimum Gasteiger partial charge on any atom is -0.495 e. The van der Waals surface area contributed by atoms with Crippen molar-refractivity contribution in [3.05, 3.63) is 73.1 Å². The van der Waals surface area contributed by atoms with Crippen molar-refractivity contribution < 1.29 is 4.74 Å². The van der Waals surface area contributed by atoms with Crippen molar-refractivity contribution >= 4 is 39.5 Å². The first-order valence-electron chi connectivity index (χ1n) is 8.51. The molecular weight excluding hydrogens is 338 g/mol. The van der Waals surface area contributed by atoms with Crippen LogP contribution in [0.5, 0.6) is 5.75 Å². The summed E-state index contributed by atoms with van der Waals surface area (Å²) in [6, 6.07) is 21.8.